The van der Waals surface area contributed by atoms with Crippen LogP contribution in [-0.4, -0.2) is 58.0 Å². The molecule has 0 aromatic carbocycles. The summed E-state index contributed by atoms with van der Waals surface area (Å²) in [7, 11) is 0. The lowest BCUT2D eigenvalue weighted by molar-refractivity contribution is -0.156. The number of carbonyl (C=O) groups excluding carboxylic acids is 2. The Bertz CT molecular complexity index is 422. The van der Waals surface area contributed by atoms with Gasteiger partial charge in [-0.05, 0) is 19.3 Å². The van der Waals surface area contributed by atoms with Crippen LogP contribution >= 0.6 is 0 Å². The lowest BCUT2D eigenvalue weighted by Crippen LogP contribution is -2.53. The summed E-state index contributed by atoms with van der Waals surface area (Å²) in [5.41, 5.74) is 0. The molecule has 0 aliphatic carbocycles. The Kier molecular flexibility index (Phi) is 5.48. The highest BCUT2D eigenvalue weighted by Gasteiger charge is 2.35. The zero-order valence-electron chi connectivity index (χ0n) is 11.2. The second-order valence-corrected chi connectivity index (χ2v) is 4.80. The minimum absolute atomic E-state index is 0.175. The molecule has 3 N–H and O–H groups in total. The number of hydrogen-bond acceptors (Lipinski definition) is 4. The SMILES string of the molecule is CC(CNC(=O)C(=O)N1CCCC[C@@H]1C(=O)O)C(=O)O. The molecule has 20 heavy (non-hydrogen) atoms. The second kappa shape index (κ2) is 6.88. The predicted octanol–water partition coefficient (Wildman–Crippen LogP) is -0.711. The molecule has 1 aliphatic heterocycles. The molecule has 0 aromatic rings. The van der Waals surface area contributed by atoms with E-state index in [-0.39, 0.29) is 13.1 Å². The summed E-state index contributed by atoms with van der Waals surface area (Å²) in [5.74, 6) is -4.92. The van der Waals surface area contributed by atoms with Gasteiger partial charge >= 0.3 is 23.8 Å². The van der Waals surface area contributed by atoms with E-state index in [4.69, 9.17) is 10.2 Å². The third-order valence-electron chi connectivity index (χ3n) is 3.23. The molecule has 112 valence electrons. The molecule has 0 radical (unpaired) electrons. The lowest BCUT2D eigenvalue weighted by Gasteiger charge is -2.32. The van der Waals surface area contributed by atoms with Crippen molar-refractivity contribution in [3.63, 3.8) is 0 Å². The third kappa shape index (κ3) is 3.94. The number of amides is 2. The zero-order chi connectivity index (χ0) is 15.3. The van der Waals surface area contributed by atoms with Gasteiger partial charge in [0.15, 0.2) is 0 Å². The van der Waals surface area contributed by atoms with Crippen molar-refractivity contribution in [1.82, 2.24) is 10.2 Å². The van der Waals surface area contributed by atoms with Gasteiger partial charge in [0, 0.05) is 13.1 Å². The maximum Gasteiger partial charge on any atom is 0.326 e. The number of carbonyl (C=O) groups is 4. The summed E-state index contributed by atoms with van der Waals surface area (Å²) >= 11 is 0. The third-order valence-corrected chi connectivity index (χ3v) is 3.23. The van der Waals surface area contributed by atoms with Gasteiger partial charge in [-0.25, -0.2) is 4.79 Å². The van der Waals surface area contributed by atoms with Gasteiger partial charge in [0.2, 0.25) is 0 Å². The number of carboxylic acids is 2. The van der Waals surface area contributed by atoms with E-state index in [1.54, 1.807) is 0 Å². The van der Waals surface area contributed by atoms with Gasteiger partial charge in [-0.1, -0.05) is 6.92 Å². The quantitative estimate of drug-likeness (QED) is 0.586. The number of nitrogens with zero attached hydrogens (tertiary/aromatic N) is 1. The molecule has 0 saturated carbocycles. The van der Waals surface area contributed by atoms with Crippen molar-refractivity contribution < 1.29 is 29.4 Å². The maximum atomic E-state index is 11.9. The Labute approximate surface area is 115 Å². The van der Waals surface area contributed by atoms with Gasteiger partial charge in [0.05, 0.1) is 5.92 Å². The van der Waals surface area contributed by atoms with E-state index in [1.165, 1.54) is 6.92 Å². The zero-order valence-corrected chi connectivity index (χ0v) is 11.2. The Morgan fingerprint density at radius 1 is 1.25 bits per heavy atom. The number of hydrogen-bond donors (Lipinski definition) is 3. The molecule has 0 aromatic heterocycles. The fourth-order valence-electron chi connectivity index (χ4n) is 1.97. The first kappa shape index (κ1) is 15.9. The second-order valence-electron chi connectivity index (χ2n) is 4.80. The molecule has 8 heteroatoms. The number of aliphatic carboxylic acids is 2. The van der Waals surface area contributed by atoms with E-state index in [2.05, 4.69) is 5.32 Å². The molecule has 0 spiro atoms. The fourth-order valence-corrected chi connectivity index (χ4v) is 1.97. The van der Waals surface area contributed by atoms with Crippen LogP contribution < -0.4 is 5.32 Å². The highest BCUT2D eigenvalue weighted by molar-refractivity contribution is 6.35. The monoisotopic (exact) mass is 286 g/mol. The van der Waals surface area contributed by atoms with Crippen LogP contribution in [0.1, 0.15) is 26.2 Å². The van der Waals surface area contributed by atoms with Crippen molar-refractivity contribution in [2.75, 3.05) is 13.1 Å². The molecule has 2 amide bonds. The highest BCUT2D eigenvalue weighted by Crippen LogP contribution is 2.17. The van der Waals surface area contributed by atoms with E-state index in [0.29, 0.717) is 19.3 Å². The molecule has 1 heterocycles. The average Bonchev–Trinajstić information content (AvgIpc) is 2.43. The Hall–Kier alpha value is -2.12. The van der Waals surface area contributed by atoms with Gasteiger partial charge in [-0.15, -0.1) is 0 Å². The van der Waals surface area contributed by atoms with Gasteiger partial charge in [0.25, 0.3) is 0 Å². The summed E-state index contributed by atoms with van der Waals surface area (Å²) in [6, 6.07) is -0.987. The van der Waals surface area contributed by atoms with Crippen molar-refractivity contribution in [2.24, 2.45) is 5.92 Å². The minimum atomic E-state index is -1.13. The topological polar surface area (TPSA) is 124 Å². The molecular weight excluding hydrogens is 268 g/mol. The predicted molar refractivity (Wildman–Crippen MR) is 66.8 cm³/mol. The van der Waals surface area contributed by atoms with E-state index >= 15 is 0 Å². The molecule has 0 bridgehead atoms. The van der Waals surface area contributed by atoms with Crippen LogP contribution in [0.4, 0.5) is 0 Å². The first-order valence-corrected chi connectivity index (χ1v) is 6.39. The van der Waals surface area contributed by atoms with Crippen molar-refractivity contribution in [3.05, 3.63) is 0 Å². The smallest absolute Gasteiger partial charge is 0.326 e. The summed E-state index contributed by atoms with van der Waals surface area (Å²) < 4.78 is 0. The van der Waals surface area contributed by atoms with Crippen molar-refractivity contribution in [2.45, 2.75) is 32.2 Å². The van der Waals surface area contributed by atoms with Crippen molar-refractivity contribution in [3.8, 4) is 0 Å². The summed E-state index contributed by atoms with van der Waals surface area (Å²) in [4.78, 5) is 46.2. The molecule has 1 unspecified atom stereocenters. The highest BCUT2D eigenvalue weighted by atomic mass is 16.4. The fraction of sp³-hybridized carbons (Fsp3) is 0.667. The van der Waals surface area contributed by atoms with Crippen LogP contribution in [0.15, 0.2) is 0 Å². The van der Waals surface area contributed by atoms with Crippen LogP contribution in [0.5, 0.6) is 0 Å². The number of nitrogens with one attached hydrogen (secondary N) is 1. The van der Waals surface area contributed by atoms with Gasteiger partial charge in [-0.3, -0.25) is 14.4 Å². The van der Waals surface area contributed by atoms with E-state index in [1.807, 2.05) is 0 Å². The van der Waals surface area contributed by atoms with E-state index in [9.17, 15) is 19.2 Å². The molecule has 1 rings (SSSR count). The molecule has 2 atom stereocenters. The first-order valence-electron chi connectivity index (χ1n) is 6.39. The Morgan fingerprint density at radius 2 is 1.90 bits per heavy atom. The van der Waals surface area contributed by atoms with Crippen LogP contribution in [-0.2, 0) is 19.2 Å². The first-order chi connectivity index (χ1) is 9.34. The number of piperidine rings is 1. The van der Waals surface area contributed by atoms with Gasteiger partial charge in [-0.2, -0.15) is 0 Å². The van der Waals surface area contributed by atoms with Crippen LogP contribution in [0.3, 0.4) is 0 Å². The minimum Gasteiger partial charge on any atom is -0.481 e. The molecule has 1 fully saturated rings. The normalized spacial score (nSPS) is 20.1. The number of likely N-dealkylation sites (tertiary alicyclic amines) is 1. The van der Waals surface area contributed by atoms with Crippen molar-refractivity contribution in [1.29, 1.82) is 0 Å². The molecule has 1 saturated heterocycles. The van der Waals surface area contributed by atoms with Gasteiger partial charge in [0.1, 0.15) is 6.04 Å². The molecule has 1 aliphatic rings. The number of rotatable bonds is 4. The standard InChI is InChI=1S/C12H18N2O6/c1-7(11(17)18)6-13-9(15)10(16)14-5-3-2-4-8(14)12(19)20/h7-8H,2-6H2,1H3,(H,13,15)(H,17,18)(H,19,20)/t7?,8-/m1/s1. The lowest BCUT2D eigenvalue weighted by atomic mass is 10.0. The van der Waals surface area contributed by atoms with Crippen LogP contribution in [0, 0.1) is 5.92 Å². The maximum absolute atomic E-state index is 11.9. The van der Waals surface area contributed by atoms with E-state index < -0.39 is 35.7 Å². The van der Waals surface area contributed by atoms with Gasteiger partial charge < -0.3 is 20.4 Å². The Balaban J connectivity index is 2.60. The van der Waals surface area contributed by atoms with E-state index in [0.717, 1.165) is 4.90 Å². The molecule has 8 nitrogen and oxygen atoms in total. The van der Waals surface area contributed by atoms with Crippen molar-refractivity contribution >= 4 is 23.8 Å². The summed E-state index contributed by atoms with van der Waals surface area (Å²) in [5, 5.41) is 19.9. The largest absolute Gasteiger partial charge is 0.481 e. The van der Waals surface area contributed by atoms with Crippen LogP contribution in [0.2, 0.25) is 0 Å². The number of carboxylic acid groups (broad SMARTS) is 2. The average molecular weight is 286 g/mol. The summed E-state index contributed by atoms with van der Waals surface area (Å²) in [6.45, 7) is 1.44. The summed E-state index contributed by atoms with van der Waals surface area (Å²) in [6.07, 6.45) is 1.66. The molecular formula is C12H18N2O6. The Morgan fingerprint density at radius 3 is 2.45 bits per heavy atom. The van der Waals surface area contributed by atoms with Crippen LogP contribution in [0.25, 0.3) is 0 Å².